The molecule has 0 aliphatic carbocycles. The molecule has 0 saturated heterocycles. The summed E-state index contributed by atoms with van der Waals surface area (Å²) >= 11 is 0. The molecule has 34 heavy (non-hydrogen) atoms. The lowest BCUT2D eigenvalue weighted by molar-refractivity contribution is -0.122. The molecule has 0 aliphatic heterocycles. The van der Waals surface area contributed by atoms with Crippen LogP contribution in [0.15, 0.2) is 72.9 Å². The van der Waals surface area contributed by atoms with Gasteiger partial charge in [0.25, 0.3) is 0 Å². The second-order valence-corrected chi connectivity index (χ2v) is 8.60. The number of carbonyl (C=O) groups is 1. The van der Waals surface area contributed by atoms with Gasteiger partial charge in [0.1, 0.15) is 11.6 Å². The fraction of sp³-hybridized carbons (Fsp3) is 0.259. The summed E-state index contributed by atoms with van der Waals surface area (Å²) < 4.78 is 20.5. The van der Waals surface area contributed by atoms with E-state index in [9.17, 15) is 9.18 Å². The largest absolute Gasteiger partial charge is 0.497 e. The van der Waals surface area contributed by atoms with Crippen LogP contribution in [0.5, 0.6) is 5.75 Å². The number of nitrogens with one attached hydrogen (secondary N) is 1. The first kappa shape index (κ1) is 23.4. The first-order valence-electron chi connectivity index (χ1n) is 11.3. The van der Waals surface area contributed by atoms with Gasteiger partial charge in [-0.1, -0.05) is 18.2 Å². The molecule has 176 valence electrons. The highest BCUT2D eigenvalue weighted by atomic mass is 19.1. The number of hydrogen-bond donors (Lipinski definition) is 2. The summed E-state index contributed by atoms with van der Waals surface area (Å²) in [6.45, 7) is 3.67. The Balaban J connectivity index is 1.65. The molecule has 0 bridgehead atoms. The molecule has 1 amide bonds. The summed E-state index contributed by atoms with van der Waals surface area (Å²) in [5.74, 6) is 0.305. The molecule has 3 atom stereocenters. The van der Waals surface area contributed by atoms with E-state index in [4.69, 9.17) is 10.5 Å². The lowest BCUT2D eigenvalue weighted by Crippen LogP contribution is -2.45. The Bertz CT molecular complexity index is 1280. The Hall–Kier alpha value is -3.71. The molecule has 3 aromatic carbocycles. The molecule has 3 N–H and O–H groups in total. The molecular formula is C27H29FN4O2. The maximum atomic E-state index is 13.3. The minimum Gasteiger partial charge on any atom is -0.497 e. The molecule has 1 heterocycles. The number of ether oxygens (including phenoxy) is 1. The molecule has 7 heteroatoms. The first-order valence-corrected chi connectivity index (χ1v) is 11.3. The number of methoxy groups -OCH3 is 1. The average molecular weight is 461 g/mol. The molecule has 6 nitrogen and oxygen atoms in total. The molecule has 4 rings (SSSR count). The summed E-state index contributed by atoms with van der Waals surface area (Å²) in [5, 5.41) is 8.53. The number of nitrogens with two attached hydrogens (primary N) is 1. The number of aromatic nitrogens is 2. The van der Waals surface area contributed by atoms with Gasteiger partial charge in [-0.25, -0.2) is 9.07 Å². The first-order chi connectivity index (χ1) is 16.4. The standard InChI is InChI=1S/C27H29FN4O2/c1-17(29)27(33)31-18(2)25(20-5-4-6-24(15-20)34-3)14-19-7-12-26-21(13-19)16-30-32(26)23-10-8-22(28)9-11-23/h4-13,15-18,25H,14,29H2,1-3H3,(H,31,33)/t17-,18+,25+/m1/s1. The van der Waals surface area contributed by atoms with E-state index in [-0.39, 0.29) is 23.7 Å². The van der Waals surface area contributed by atoms with Gasteiger partial charge in [0.05, 0.1) is 30.6 Å². The van der Waals surface area contributed by atoms with Crippen LogP contribution in [0.2, 0.25) is 0 Å². The predicted molar refractivity (Wildman–Crippen MR) is 132 cm³/mol. The second-order valence-electron chi connectivity index (χ2n) is 8.60. The molecule has 0 aliphatic rings. The van der Waals surface area contributed by atoms with E-state index in [1.807, 2.05) is 43.5 Å². The van der Waals surface area contributed by atoms with E-state index in [0.29, 0.717) is 6.42 Å². The Morgan fingerprint density at radius 1 is 1.12 bits per heavy atom. The van der Waals surface area contributed by atoms with Crippen molar-refractivity contribution in [1.82, 2.24) is 15.1 Å². The minimum atomic E-state index is -0.581. The molecule has 0 unspecified atom stereocenters. The van der Waals surface area contributed by atoms with E-state index in [0.717, 1.165) is 33.5 Å². The van der Waals surface area contributed by atoms with Gasteiger partial charge in [0.2, 0.25) is 5.91 Å². The molecule has 0 saturated carbocycles. The van der Waals surface area contributed by atoms with Crippen molar-refractivity contribution in [2.24, 2.45) is 5.73 Å². The highest BCUT2D eigenvalue weighted by molar-refractivity contribution is 5.82. The highest BCUT2D eigenvalue weighted by Crippen LogP contribution is 2.29. The smallest absolute Gasteiger partial charge is 0.236 e. The van der Waals surface area contributed by atoms with Crippen LogP contribution in [0.4, 0.5) is 4.39 Å². The van der Waals surface area contributed by atoms with Crippen molar-refractivity contribution in [3.63, 3.8) is 0 Å². The van der Waals surface area contributed by atoms with Crippen molar-refractivity contribution in [1.29, 1.82) is 0 Å². The topological polar surface area (TPSA) is 82.2 Å². The van der Waals surface area contributed by atoms with Crippen LogP contribution in [0.25, 0.3) is 16.6 Å². The summed E-state index contributed by atoms with van der Waals surface area (Å²) in [4.78, 5) is 12.3. The van der Waals surface area contributed by atoms with Gasteiger partial charge in [-0.15, -0.1) is 0 Å². The van der Waals surface area contributed by atoms with Crippen molar-refractivity contribution in [3.8, 4) is 11.4 Å². The van der Waals surface area contributed by atoms with E-state index in [2.05, 4.69) is 22.5 Å². The van der Waals surface area contributed by atoms with E-state index < -0.39 is 6.04 Å². The second kappa shape index (κ2) is 10.1. The third-order valence-corrected chi connectivity index (χ3v) is 6.07. The molecular weight excluding hydrogens is 431 g/mol. The van der Waals surface area contributed by atoms with E-state index in [1.54, 1.807) is 30.8 Å². The van der Waals surface area contributed by atoms with Crippen molar-refractivity contribution in [2.75, 3.05) is 7.11 Å². The van der Waals surface area contributed by atoms with Gasteiger partial charge in [-0.3, -0.25) is 4.79 Å². The van der Waals surface area contributed by atoms with Gasteiger partial charge in [0, 0.05) is 17.3 Å². The Kier molecular flexibility index (Phi) is 6.93. The minimum absolute atomic E-state index is 0.00222. The summed E-state index contributed by atoms with van der Waals surface area (Å²) in [6, 6.07) is 19.6. The highest BCUT2D eigenvalue weighted by Gasteiger charge is 2.23. The number of fused-ring (bicyclic) bond motifs is 1. The van der Waals surface area contributed by atoms with Crippen LogP contribution in [0.1, 0.15) is 30.9 Å². The number of amides is 1. The Morgan fingerprint density at radius 3 is 2.59 bits per heavy atom. The zero-order valence-corrected chi connectivity index (χ0v) is 19.5. The number of benzene rings is 3. The maximum absolute atomic E-state index is 13.3. The lowest BCUT2D eigenvalue weighted by atomic mass is 9.86. The van der Waals surface area contributed by atoms with Crippen molar-refractivity contribution in [3.05, 3.63) is 89.9 Å². The summed E-state index contributed by atoms with van der Waals surface area (Å²) in [7, 11) is 1.64. The number of halogens is 1. The third kappa shape index (κ3) is 5.10. The van der Waals surface area contributed by atoms with Gasteiger partial charge in [-0.2, -0.15) is 5.10 Å². The number of hydrogen-bond acceptors (Lipinski definition) is 4. The molecule has 1 aromatic heterocycles. The Morgan fingerprint density at radius 2 is 1.88 bits per heavy atom. The number of rotatable bonds is 8. The van der Waals surface area contributed by atoms with Crippen LogP contribution >= 0.6 is 0 Å². The molecule has 4 aromatic rings. The van der Waals surface area contributed by atoms with Crippen LogP contribution in [-0.4, -0.2) is 34.9 Å². The number of carbonyl (C=O) groups excluding carboxylic acids is 1. The fourth-order valence-corrected chi connectivity index (χ4v) is 4.16. The predicted octanol–water partition coefficient (Wildman–Crippen LogP) is 4.35. The van der Waals surface area contributed by atoms with E-state index in [1.165, 1.54) is 12.1 Å². The van der Waals surface area contributed by atoms with Gasteiger partial charge < -0.3 is 15.8 Å². The summed E-state index contributed by atoms with van der Waals surface area (Å²) in [6.07, 6.45) is 2.51. The molecule has 0 radical (unpaired) electrons. The quantitative estimate of drug-likeness (QED) is 0.410. The van der Waals surface area contributed by atoms with Crippen molar-refractivity contribution in [2.45, 2.75) is 38.3 Å². The fourth-order valence-electron chi connectivity index (χ4n) is 4.16. The van der Waals surface area contributed by atoms with Crippen molar-refractivity contribution < 1.29 is 13.9 Å². The van der Waals surface area contributed by atoms with Crippen molar-refractivity contribution >= 4 is 16.8 Å². The Labute approximate surface area is 198 Å². The zero-order chi connectivity index (χ0) is 24.2. The normalized spacial score (nSPS) is 13.9. The monoisotopic (exact) mass is 460 g/mol. The van der Waals surface area contributed by atoms with Gasteiger partial charge >= 0.3 is 0 Å². The van der Waals surface area contributed by atoms with Crippen LogP contribution < -0.4 is 15.8 Å². The summed E-state index contributed by atoms with van der Waals surface area (Å²) in [5.41, 5.74) is 9.69. The van der Waals surface area contributed by atoms with Gasteiger partial charge in [0.15, 0.2) is 0 Å². The zero-order valence-electron chi connectivity index (χ0n) is 19.5. The van der Waals surface area contributed by atoms with Crippen LogP contribution in [0.3, 0.4) is 0 Å². The van der Waals surface area contributed by atoms with Crippen LogP contribution in [-0.2, 0) is 11.2 Å². The number of nitrogens with zero attached hydrogens (tertiary/aromatic N) is 2. The van der Waals surface area contributed by atoms with Gasteiger partial charge in [-0.05, 0) is 79.9 Å². The molecule has 0 fully saturated rings. The van der Waals surface area contributed by atoms with E-state index >= 15 is 0 Å². The lowest BCUT2D eigenvalue weighted by Gasteiger charge is -2.27. The average Bonchev–Trinajstić information content (AvgIpc) is 3.26. The van der Waals surface area contributed by atoms with Crippen LogP contribution in [0, 0.1) is 5.82 Å². The SMILES string of the molecule is COc1cccc([C@@H](Cc2ccc3c(cnn3-c3ccc(F)cc3)c2)[C@H](C)NC(=O)[C@@H](C)N)c1. The maximum Gasteiger partial charge on any atom is 0.236 e. The molecule has 0 spiro atoms. The third-order valence-electron chi connectivity index (χ3n) is 6.07.